The lowest BCUT2D eigenvalue weighted by Gasteiger charge is -2.32. The van der Waals surface area contributed by atoms with Crippen LogP contribution in [0.3, 0.4) is 0 Å². The van der Waals surface area contributed by atoms with Gasteiger partial charge in [0.15, 0.2) is 0 Å². The van der Waals surface area contributed by atoms with E-state index in [0.717, 1.165) is 22.0 Å². The van der Waals surface area contributed by atoms with Crippen LogP contribution < -0.4 is 5.32 Å². The maximum Gasteiger partial charge on any atom is 0.458 e. The highest BCUT2D eigenvalue weighted by atomic mass is 16.7. The SMILES string of the molecule is Cc1ccc(CCB2OC(C)(C)C(C)(C)O2)c(C(=O)Nc2cccc3cccnc23)c1. The maximum absolute atomic E-state index is 13.2. The number of pyridine rings is 1. The smallest absolute Gasteiger partial charge is 0.403 e. The summed E-state index contributed by atoms with van der Waals surface area (Å²) in [5, 5.41) is 4.05. The Balaban J connectivity index is 1.54. The first-order valence-corrected chi connectivity index (χ1v) is 10.8. The molecular weight excluding hydrogens is 387 g/mol. The number of hydrogen-bond donors (Lipinski definition) is 1. The van der Waals surface area contributed by atoms with Crippen molar-refractivity contribution in [3.8, 4) is 0 Å². The summed E-state index contributed by atoms with van der Waals surface area (Å²) >= 11 is 0. The highest BCUT2D eigenvalue weighted by Gasteiger charge is 2.50. The number of para-hydroxylation sites is 1. The fourth-order valence-corrected chi connectivity index (χ4v) is 3.87. The normalized spacial score (nSPS) is 17.1. The summed E-state index contributed by atoms with van der Waals surface area (Å²) in [5.41, 5.74) is 3.47. The van der Waals surface area contributed by atoms with Gasteiger partial charge in [-0.05, 0) is 71.1 Å². The summed E-state index contributed by atoms with van der Waals surface area (Å²) < 4.78 is 12.2. The number of nitrogens with zero attached hydrogens (tertiary/aromatic N) is 1. The second-order valence-corrected chi connectivity index (χ2v) is 9.22. The second-order valence-electron chi connectivity index (χ2n) is 9.22. The molecule has 0 atom stereocenters. The Bertz CT molecular complexity index is 1110. The van der Waals surface area contributed by atoms with Gasteiger partial charge in [0.2, 0.25) is 0 Å². The molecule has 4 rings (SSSR count). The molecule has 1 aliphatic heterocycles. The molecule has 1 aromatic heterocycles. The molecule has 0 saturated carbocycles. The molecule has 0 radical (unpaired) electrons. The Morgan fingerprint density at radius 1 is 1.03 bits per heavy atom. The molecule has 0 spiro atoms. The van der Waals surface area contributed by atoms with Crippen molar-refractivity contribution in [1.82, 2.24) is 4.98 Å². The third-order valence-corrected chi connectivity index (χ3v) is 6.34. The highest BCUT2D eigenvalue weighted by molar-refractivity contribution is 6.45. The van der Waals surface area contributed by atoms with Gasteiger partial charge in [0.1, 0.15) is 0 Å². The predicted molar refractivity (Wildman–Crippen MR) is 125 cm³/mol. The largest absolute Gasteiger partial charge is 0.458 e. The standard InChI is InChI=1S/C25H29BN2O3/c1-17-11-12-18(13-14-26-30-24(2,3)25(4,5)31-26)20(16-17)23(29)28-21-10-6-8-19-9-7-15-27-22(19)21/h6-12,15-16H,13-14H2,1-5H3,(H,28,29). The number of carbonyl (C=O) groups excluding carboxylic acids is 1. The van der Waals surface area contributed by atoms with Gasteiger partial charge in [0.05, 0.1) is 22.4 Å². The lowest BCUT2D eigenvalue weighted by molar-refractivity contribution is 0.00578. The molecule has 160 valence electrons. The van der Waals surface area contributed by atoms with Crippen LogP contribution in [0.1, 0.15) is 49.2 Å². The number of fused-ring (bicyclic) bond motifs is 1. The number of benzene rings is 2. The number of aryl methyl sites for hydroxylation is 2. The molecule has 2 heterocycles. The summed E-state index contributed by atoms with van der Waals surface area (Å²) in [5.74, 6) is -0.134. The van der Waals surface area contributed by atoms with E-state index >= 15 is 0 Å². The summed E-state index contributed by atoms with van der Waals surface area (Å²) in [4.78, 5) is 17.7. The van der Waals surface area contributed by atoms with Gasteiger partial charge < -0.3 is 14.6 Å². The van der Waals surface area contributed by atoms with Crippen molar-refractivity contribution in [3.63, 3.8) is 0 Å². The second kappa shape index (κ2) is 8.10. The summed E-state index contributed by atoms with van der Waals surface area (Å²) in [6, 6.07) is 15.7. The van der Waals surface area contributed by atoms with Crippen LogP contribution in [-0.4, -0.2) is 29.2 Å². The van der Waals surface area contributed by atoms with Crippen LogP contribution in [0.15, 0.2) is 54.7 Å². The molecule has 0 bridgehead atoms. The van der Waals surface area contributed by atoms with Gasteiger partial charge in [0, 0.05) is 17.1 Å². The molecule has 31 heavy (non-hydrogen) atoms. The van der Waals surface area contributed by atoms with Crippen molar-refractivity contribution < 1.29 is 14.1 Å². The van der Waals surface area contributed by atoms with E-state index in [-0.39, 0.29) is 24.2 Å². The van der Waals surface area contributed by atoms with Crippen LogP contribution in [-0.2, 0) is 15.7 Å². The zero-order chi connectivity index (χ0) is 22.2. The number of hydrogen-bond acceptors (Lipinski definition) is 4. The molecule has 0 aliphatic carbocycles. The van der Waals surface area contributed by atoms with Crippen LogP contribution in [0.4, 0.5) is 5.69 Å². The van der Waals surface area contributed by atoms with Crippen molar-refractivity contribution in [2.24, 2.45) is 0 Å². The number of anilines is 1. The van der Waals surface area contributed by atoms with E-state index in [1.54, 1.807) is 6.20 Å². The number of aromatic nitrogens is 1. The van der Waals surface area contributed by atoms with Crippen molar-refractivity contribution in [2.45, 2.75) is 58.6 Å². The van der Waals surface area contributed by atoms with E-state index in [9.17, 15) is 4.79 Å². The Kier molecular flexibility index (Phi) is 5.62. The first kappa shape index (κ1) is 21.5. The fourth-order valence-electron chi connectivity index (χ4n) is 3.87. The monoisotopic (exact) mass is 416 g/mol. The number of carbonyl (C=O) groups is 1. The van der Waals surface area contributed by atoms with Crippen molar-refractivity contribution in [2.75, 3.05) is 5.32 Å². The van der Waals surface area contributed by atoms with Gasteiger partial charge in [-0.25, -0.2) is 0 Å². The quantitative estimate of drug-likeness (QED) is 0.564. The molecule has 1 N–H and O–H groups in total. The first-order valence-electron chi connectivity index (χ1n) is 10.8. The van der Waals surface area contributed by atoms with E-state index in [1.807, 2.05) is 55.5 Å². The number of nitrogens with one attached hydrogen (secondary N) is 1. The highest BCUT2D eigenvalue weighted by Crippen LogP contribution is 2.38. The zero-order valence-electron chi connectivity index (χ0n) is 18.9. The molecule has 1 amide bonds. The molecule has 1 fully saturated rings. The van der Waals surface area contributed by atoms with Gasteiger partial charge in [-0.1, -0.05) is 35.9 Å². The Labute approximate surface area is 184 Å². The predicted octanol–water partition coefficient (Wildman–Crippen LogP) is 5.43. The van der Waals surface area contributed by atoms with Crippen molar-refractivity contribution >= 4 is 29.6 Å². The van der Waals surface area contributed by atoms with Gasteiger partial charge in [-0.2, -0.15) is 0 Å². The van der Waals surface area contributed by atoms with E-state index in [4.69, 9.17) is 9.31 Å². The Morgan fingerprint density at radius 2 is 1.74 bits per heavy atom. The van der Waals surface area contributed by atoms with E-state index in [2.05, 4.69) is 38.0 Å². The first-order chi connectivity index (χ1) is 14.7. The van der Waals surface area contributed by atoms with Crippen LogP contribution in [0.5, 0.6) is 0 Å². The minimum absolute atomic E-state index is 0.134. The van der Waals surface area contributed by atoms with Crippen LogP contribution >= 0.6 is 0 Å². The maximum atomic E-state index is 13.2. The third kappa shape index (κ3) is 4.36. The summed E-state index contributed by atoms with van der Waals surface area (Å²) in [7, 11) is -0.288. The minimum Gasteiger partial charge on any atom is -0.403 e. The van der Waals surface area contributed by atoms with Gasteiger partial charge in [-0.15, -0.1) is 0 Å². The molecule has 6 heteroatoms. The number of rotatable bonds is 5. The molecule has 1 saturated heterocycles. The summed E-state index contributed by atoms with van der Waals surface area (Å²) in [6.45, 7) is 10.2. The lowest BCUT2D eigenvalue weighted by atomic mass is 9.80. The van der Waals surface area contributed by atoms with E-state index in [1.165, 1.54) is 0 Å². The van der Waals surface area contributed by atoms with Crippen LogP contribution in [0.2, 0.25) is 6.32 Å². The molecule has 1 aliphatic rings. The average molecular weight is 416 g/mol. The zero-order valence-corrected chi connectivity index (χ0v) is 18.9. The van der Waals surface area contributed by atoms with Crippen LogP contribution in [0, 0.1) is 6.92 Å². The van der Waals surface area contributed by atoms with Gasteiger partial charge in [0.25, 0.3) is 5.91 Å². The van der Waals surface area contributed by atoms with Crippen molar-refractivity contribution in [3.05, 3.63) is 71.4 Å². The average Bonchev–Trinajstić information content (AvgIpc) is 2.93. The van der Waals surface area contributed by atoms with Gasteiger partial charge in [-0.3, -0.25) is 9.78 Å². The minimum atomic E-state index is -0.355. The van der Waals surface area contributed by atoms with E-state index < -0.39 is 0 Å². The Morgan fingerprint density at radius 3 is 2.48 bits per heavy atom. The van der Waals surface area contributed by atoms with Crippen LogP contribution in [0.25, 0.3) is 10.9 Å². The molecule has 5 nitrogen and oxygen atoms in total. The lowest BCUT2D eigenvalue weighted by Crippen LogP contribution is -2.41. The molecular formula is C25H29BN2O3. The summed E-state index contributed by atoms with van der Waals surface area (Å²) in [6.07, 6.45) is 3.11. The fraction of sp³-hybridized carbons (Fsp3) is 0.360. The van der Waals surface area contributed by atoms with Crippen molar-refractivity contribution in [1.29, 1.82) is 0 Å². The molecule has 3 aromatic rings. The van der Waals surface area contributed by atoms with E-state index in [0.29, 0.717) is 24.0 Å². The molecule has 0 unspecified atom stereocenters. The topological polar surface area (TPSA) is 60.5 Å². The molecule has 2 aromatic carbocycles. The third-order valence-electron chi connectivity index (χ3n) is 6.34. The number of amides is 1. The van der Waals surface area contributed by atoms with Gasteiger partial charge >= 0.3 is 7.12 Å². The Hall–Kier alpha value is -2.70.